The Labute approximate surface area is 197 Å². The van der Waals surface area contributed by atoms with Crippen molar-refractivity contribution in [2.24, 2.45) is 5.41 Å². The third-order valence-electron chi connectivity index (χ3n) is 6.83. The molecule has 196 valence electrons. The number of ether oxygens (including phenoxy) is 4. The van der Waals surface area contributed by atoms with Gasteiger partial charge < -0.3 is 54.7 Å². The zero-order chi connectivity index (χ0) is 25.4. The molecule has 0 unspecified atom stereocenters. The van der Waals surface area contributed by atoms with E-state index in [1.165, 1.54) is 0 Å². The molecule has 10 atom stereocenters. The van der Waals surface area contributed by atoms with Crippen molar-refractivity contribution in [2.45, 2.75) is 101 Å². The van der Waals surface area contributed by atoms with Crippen LogP contribution in [-0.2, 0) is 23.7 Å². The Morgan fingerprint density at radius 3 is 2.06 bits per heavy atom. The van der Waals surface area contributed by atoms with E-state index in [9.17, 15) is 40.5 Å². The average molecular weight is 493 g/mol. The lowest BCUT2D eigenvalue weighted by Gasteiger charge is -2.42. The number of esters is 1. The van der Waals surface area contributed by atoms with Gasteiger partial charge in [0.1, 0.15) is 48.8 Å². The van der Waals surface area contributed by atoms with Crippen LogP contribution in [0.25, 0.3) is 0 Å². The number of carbonyl (C=O) groups excluding carboxylic acids is 1. The van der Waals surface area contributed by atoms with E-state index in [0.29, 0.717) is 5.57 Å². The fraction of sp³-hybridized carbons (Fsp3) is 0.864. The van der Waals surface area contributed by atoms with Gasteiger partial charge in [-0.25, -0.2) is 4.79 Å². The average Bonchev–Trinajstić information content (AvgIpc) is 2.77. The molecular formula is C22H36O12. The van der Waals surface area contributed by atoms with Crippen molar-refractivity contribution >= 4 is 5.97 Å². The summed E-state index contributed by atoms with van der Waals surface area (Å²) in [6.45, 7) is 4.52. The van der Waals surface area contributed by atoms with Crippen molar-refractivity contribution in [3.63, 3.8) is 0 Å². The highest BCUT2D eigenvalue weighted by Crippen LogP contribution is 2.41. The predicted octanol–water partition coefficient (Wildman–Crippen LogP) is -2.32. The van der Waals surface area contributed by atoms with Crippen molar-refractivity contribution in [1.29, 1.82) is 0 Å². The summed E-state index contributed by atoms with van der Waals surface area (Å²) in [5.74, 6) is -0.691. The van der Waals surface area contributed by atoms with E-state index < -0.39 is 86.0 Å². The van der Waals surface area contributed by atoms with Crippen LogP contribution in [0.3, 0.4) is 0 Å². The molecule has 0 radical (unpaired) electrons. The summed E-state index contributed by atoms with van der Waals surface area (Å²) in [4.78, 5) is 12.9. The standard InChI is InChI=1S/C22H36O12/c1-9-5-4-6-22(2,3)12(9)19(30)34-21-18(29)16(27)14(25)11(33-21)8-31-20-17(28)15(26)13(24)10(7-23)32-20/h10-11,13-18,20-21,23-29H,4-8H2,1-3H3/t10-,11-,13+,14+,15+,16+,17+,18-,20-,21-/m0/s1. The van der Waals surface area contributed by atoms with Gasteiger partial charge in [0.15, 0.2) is 6.29 Å². The van der Waals surface area contributed by atoms with Gasteiger partial charge in [0.25, 0.3) is 0 Å². The number of allylic oxidation sites excluding steroid dienone is 1. The number of carbonyl (C=O) groups is 1. The second-order valence-electron chi connectivity index (χ2n) is 9.84. The Kier molecular flexibility index (Phi) is 8.72. The molecule has 2 aliphatic heterocycles. The number of hydrogen-bond donors (Lipinski definition) is 7. The number of hydrogen-bond acceptors (Lipinski definition) is 12. The van der Waals surface area contributed by atoms with Gasteiger partial charge in [-0.2, -0.15) is 0 Å². The van der Waals surface area contributed by atoms with Gasteiger partial charge in [0.2, 0.25) is 6.29 Å². The smallest absolute Gasteiger partial charge is 0.336 e. The summed E-state index contributed by atoms with van der Waals surface area (Å²) < 4.78 is 21.5. The van der Waals surface area contributed by atoms with Gasteiger partial charge in [0.05, 0.1) is 13.2 Å². The lowest BCUT2D eigenvalue weighted by molar-refractivity contribution is -0.326. The highest BCUT2D eigenvalue weighted by molar-refractivity contribution is 5.91. The zero-order valence-corrected chi connectivity index (χ0v) is 19.5. The minimum Gasteiger partial charge on any atom is -0.429 e. The van der Waals surface area contributed by atoms with Crippen LogP contribution in [0.1, 0.15) is 40.0 Å². The molecule has 0 aromatic heterocycles. The van der Waals surface area contributed by atoms with E-state index in [1.54, 1.807) is 0 Å². The maximum atomic E-state index is 12.9. The summed E-state index contributed by atoms with van der Waals surface area (Å²) >= 11 is 0. The first kappa shape index (κ1) is 27.4. The fourth-order valence-electron chi connectivity index (χ4n) is 4.78. The first-order valence-corrected chi connectivity index (χ1v) is 11.4. The molecule has 1 aliphatic carbocycles. The lowest BCUT2D eigenvalue weighted by Crippen LogP contribution is -2.62. The second kappa shape index (κ2) is 10.8. The van der Waals surface area contributed by atoms with Crippen LogP contribution in [0.5, 0.6) is 0 Å². The van der Waals surface area contributed by atoms with Crippen LogP contribution in [0.15, 0.2) is 11.1 Å². The highest BCUT2D eigenvalue weighted by atomic mass is 16.7. The summed E-state index contributed by atoms with van der Waals surface area (Å²) in [6.07, 6.45) is -13.2. The maximum Gasteiger partial charge on any atom is 0.336 e. The van der Waals surface area contributed by atoms with E-state index in [4.69, 9.17) is 18.9 Å². The molecule has 7 N–H and O–H groups in total. The molecule has 12 nitrogen and oxygen atoms in total. The van der Waals surface area contributed by atoms with Crippen LogP contribution in [0, 0.1) is 5.41 Å². The van der Waals surface area contributed by atoms with E-state index in [0.717, 1.165) is 24.8 Å². The van der Waals surface area contributed by atoms with E-state index in [-0.39, 0.29) is 0 Å². The van der Waals surface area contributed by atoms with Gasteiger partial charge in [-0.15, -0.1) is 0 Å². The molecule has 0 amide bonds. The molecule has 0 saturated carbocycles. The predicted molar refractivity (Wildman–Crippen MR) is 113 cm³/mol. The molecule has 0 bridgehead atoms. The molecule has 3 rings (SSSR count). The quantitative estimate of drug-likeness (QED) is 0.196. The van der Waals surface area contributed by atoms with Crippen LogP contribution < -0.4 is 0 Å². The van der Waals surface area contributed by atoms with E-state index in [1.807, 2.05) is 20.8 Å². The molecule has 34 heavy (non-hydrogen) atoms. The molecule has 0 spiro atoms. The van der Waals surface area contributed by atoms with Crippen molar-refractivity contribution in [1.82, 2.24) is 0 Å². The summed E-state index contributed by atoms with van der Waals surface area (Å²) in [7, 11) is 0. The lowest BCUT2D eigenvalue weighted by atomic mass is 9.73. The van der Waals surface area contributed by atoms with Crippen LogP contribution in [-0.4, -0.2) is 116 Å². The molecule has 2 heterocycles. The van der Waals surface area contributed by atoms with Crippen LogP contribution in [0.2, 0.25) is 0 Å². The Morgan fingerprint density at radius 1 is 0.912 bits per heavy atom. The summed E-state index contributed by atoms with van der Waals surface area (Å²) in [5.41, 5.74) is 0.905. The normalized spacial score (nSPS) is 43.0. The molecular weight excluding hydrogens is 456 g/mol. The van der Waals surface area contributed by atoms with Gasteiger partial charge in [-0.05, 0) is 31.6 Å². The van der Waals surface area contributed by atoms with Crippen LogP contribution in [0.4, 0.5) is 0 Å². The first-order valence-electron chi connectivity index (χ1n) is 11.4. The van der Waals surface area contributed by atoms with E-state index in [2.05, 4.69) is 0 Å². The molecule has 3 aliphatic rings. The summed E-state index contributed by atoms with van der Waals surface area (Å²) in [5, 5.41) is 70.0. The van der Waals surface area contributed by atoms with Crippen molar-refractivity contribution in [3.8, 4) is 0 Å². The Balaban J connectivity index is 1.67. The van der Waals surface area contributed by atoms with E-state index >= 15 is 0 Å². The minimum atomic E-state index is -1.73. The van der Waals surface area contributed by atoms with Gasteiger partial charge >= 0.3 is 5.97 Å². The van der Waals surface area contributed by atoms with Gasteiger partial charge in [-0.3, -0.25) is 0 Å². The summed E-state index contributed by atoms with van der Waals surface area (Å²) in [6, 6.07) is 0. The molecule has 2 fully saturated rings. The number of aliphatic hydroxyl groups is 7. The van der Waals surface area contributed by atoms with Crippen molar-refractivity contribution in [3.05, 3.63) is 11.1 Å². The Hall–Kier alpha value is -1.19. The minimum absolute atomic E-state index is 0.442. The third-order valence-corrected chi connectivity index (χ3v) is 6.83. The third kappa shape index (κ3) is 5.46. The topological polar surface area (TPSA) is 196 Å². The zero-order valence-electron chi connectivity index (χ0n) is 19.5. The molecule has 0 aromatic carbocycles. The molecule has 2 saturated heterocycles. The fourth-order valence-corrected chi connectivity index (χ4v) is 4.78. The maximum absolute atomic E-state index is 12.9. The largest absolute Gasteiger partial charge is 0.429 e. The highest BCUT2D eigenvalue weighted by Gasteiger charge is 2.48. The SMILES string of the molecule is CC1=C(C(=O)O[C@@H]2O[C@@H](CO[C@H]3O[C@@H](CO)[C@@H](O)[C@@H](O)[C@H]3O)[C@@H](O)[C@@H](O)[C@@H]2O)C(C)(C)CCC1. The first-order chi connectivity index (χ1) is 15.9. The molecule has 12 heteroatoms. The van der Waals surface area contributed by atoms with Crippen molar-refractivity contribution < 1.29 is 59.5 Å². The van der Waals surface area contributed by atoms with Gasteiger partial charge in [0, 0.05) is 5.57 Å². The number of aliphatic hydroxyl groups excluding tert-OH is 7. The second-order valence-corrected chi connectivity index (χ2v) is 9.84. The van der Waals surface area contributed by atoms with Crippen LogP contribution >= 0.6 is 0 Å². The van der Waals surface area contributed by atoms with Gasteiger partial charge in [-0.1, -0.05) is 19.4 Å². The van der Waals surface area contributed by atoms with Crippen molar-refractivity contribution in [2.75, 3.05) is 13.2 Å². The number of rotatable bonds is 6. The molecule has 0 aromatic rings. The Morgan fingerprint density at radius 2 is 1.47 bits per heavy atom. The monoisotopic (exact) mass is 492 g/mol. The Bertz CT molecular complexity index is 752.